The number of fused-ring (bicyclic) bond motifs is 2. The Hall–Kier alpha value is -3.63. The summed E-state index contributed by atoms with van der Waals surface area (Å²) in [6.07, 6.45) is 4.19. The number of aliphatic carboxylic acids is 1. The van der Waals surface area contributed by atoms with Gasteiger partial charge in [0.05, 0.1) is 5.57 Å². The maximum Gasteiger partial charge on any atom is 0.335 e. The van der Waals surface area contributed by atoms with Gasteiger partial charge in [0.1, 0.15) is 11.9 Å². The topological polar surface area (TPSA) is 58.6 Å². The van der Waals surface area contributed by atoms with Crippen LogP contribution in [0.5, 0.6) is 5.75 Å². The summed E-state index contributed by atoms with van der Waals surface area (Å²) < 4.78 is 6.36. The molecule has 0 saturated carbocycles. The fourth-order valence-electron chi connectivity index (χ4n) is 4.80. The Morgan fingerprint density at radius 1 is 1.14 bits per heavy atom. The van der Waals surface area contributed by atoms with Gasteiger partial charge >= 0.3 is 5.97 Å². The van der Waals surface area contributed by atoms with E-state index in [9.17, 15) is 9.90 Å². The third kappa shape index (κ3) is 5.39. The molecule has 0 saturated heterocycles. The van der Waals surface area contributed by atoms with Crippen molar-refractivity contribution >= 4 is 16.7 Å². The van der Waals surface area contributed by atoms with Gasteiger partial charge in [0.25, 0.3) is 0 Å². The van der Waals surface area contributed by atoms with E-state index in [0.29, 0.717) is 6.54 Å². The number of carbonyl (C=O) groups is 1. The van der Waals surface area contributed by atoms with Gasteiger partial charge in [-0.2, -0.15) is 0 Å². The second-order valence-corrected chi connectivity index (χ2v) is 9.17. The zero-order valence-electron chi connectivity index (χ0n) is 20.6. The van der Waals surface area contributed by atoms with E-state index in [2.05, 4.69) is 61.3 Å². The van der Waals surface area contributed by atoms with E-state index in [1.807, 2.05) is 44.2 Å². The Morgan fingerprint density at radius 2 is 1.86 bits per heavy atom. The molecular formula is C31H33NO3. The summed E-state index contributed by atoms with van der Waals surface area (Å²) in [5, 5.41) is 15.9. The number of benzene rings is 3. The van der Waals surface area contributed by atoms with Crippen LogP contribution in [0.2, 0.25) is 0 Å². The highest BCUT2D eigenvalue weighted by Gasteiger charge is 2.30. The molecule has 3 atom stereocenters. The first-order valence-corrected chi connectivity index (χ1v) is 12.1. The van der Waals surface area contributed by atoms with E-state index >= 15 is 0 Å². The lowest BCUT2D eigenvalue weighted by molar-refractivity contribution is -0.132. The first-order chi connectivity index (χ1) is 16.9. The van der Waals surface area contributed by atoms with Crippen LogP contribution in [0.15, 0.2) is 102 Å². The summed E-state index contributed by atoms with van der Waals surface area (Å²) in [6.45, 7) is 10.8. The summed E-state index contributed by atoms with van der Waals surface area (Å²) >= 11 is 0. The van der Waals surface area contributed by atoms with Crippen LogP contribution in [-0.2, 0) is 4.79 Å². The fourth-order valence-corrected chi connectivity index (χ4v) is 4.80. The Labute approximate surface area is 207 Å². The number of nitrogens with one attached hydrogen (secondary N) is 1. The predicted octanol–water partition coefficient (Wildman–Crippen LogP) is 6.96. The average molecular weight is 468 g/mol. The molecular weight excluding hydrogens is 434 g/mol. The number of carboxylic acid groups (broad SMARTS) is 1. The number of para-hydroxylation sites is 1. The molecule has 2 N–H and O–H groups in total. The van der Waals surface area contributed by atoms with Gasteiger partial charge in [-0.25, -0.2) is 4.79 Å². The van der Waals surface area contributed by atoms with Gasteiger partial charge in [-0.15, -0.1) is 0 Å². The van der Waals surface area contributed by atoms with Gasteiger partial charge in [0.15, 0.2) is 0 Å². The molecule has 0 radical (unpaired) electrons. The molecule has 4 rings (SSSR count). The molecule has 0 unspecified atom stereocenters. The van der Waals surface area contributed by atoms with Gasteiger partial charge in [-0.05, 0) is 66.8 Å². The minimum atomic E-state index is -0.941. The molecule has 0 aliphatic carbocycles. The molecule has 180 valence electrons. The largest absolute Gasteiger partial charge is 0.489 e. The molecule has 0 spiro atoms. The molecule has 0 fully saturated rings. The van der Waals surface area contributed by atoms with Gasteiger partial charge in [-0.1, -0.05) is 73.3 Å². The van der Waals surface area contributed by atoms with Crippen LogP contribution in [0.1, 0.15) is 50.3 Å². The van der Waals surface area contributed by atoms with Crippen molar-refractivity contribution in [2.45, 2.75) is 45.3 Å². The number of hydrogen-bond acceptors (Lipinski definition) is 3. The number of allylic oxidation sites excluding steroid dienone is 3. The molecule has 0 bridgehead atoms. The minimum absolute atomic E-state index is 0.0152. The molecule has 1 heterocycles. The Morgan fingerprint density at radius 3 is 2.63 bits per heavy atom. The Balaban J connectivity index is 1.54. The van der Waals surface area contributed by atoms with E-state index < -0.39 is 5.97 Å². The van der Waals surface area contributed by atoms with E-state index in [0.717, 1.165) is 28.9 Å². The second-order valence-electron chi connectivity index (χ2n) is 9.17. The minimum Gasteiger partial charge on any atom is -0.489 e. The van der Waals surface area contributed by atoms with Crippen LogP contribution in [-0.4, -0.2) is 23.7 Å². The van der Waals surface area contributed by atoms with Crippen LogP contribution in [0, 0.1) is 0 Å². The van der Waals surface area contributed by atoms with E-state index in [4.69, 9.17) is 4.74 Å². The lowest BCUT2D eigenvalue weighted by Gasteiger charge is -2.33. The van der Waals surface area contributed by atoms with Crippen molar-refractivity contribution in [1.82, 2.24) is 5.32 Å². The van der Waals surface area contributed by atoms with Crippen molar-refractivity contribution in [2.75, 3.05) is 6.54 Å². The molecule has 0 amide bonds. The smallest absolute Gasteiger partial charge is 0.335 e. The zero-order valence-corrected chi connectivity index (χ0v) is 20.6. The quantitative estimate of drug-likeness (QED) is 0.278. The van der Waals surface area contributed by atoms with Crippen molar-refractivity contribution in [1.29, 1.82) is 0 Å². The lowest BCUT2D eigenvalue weighted by Crippen LogP contribution is -2.37. The molecule has 35 heavy (non-hydrogen) atoms. The third-order valence-corrected chi connectivity index (χ3v) is 6.89. The Kier molecular flexibility index (Phi) is 7.52. The van der Waals surface area contributed by atoms with Crippen LogP contribution in [0.25, 0.3) is 10.8 Å². The first-order valence-electron chi connectivity index (χ1n) is 12.1. The average Bonchev–Trinajstić information content (AvgIpc) is 2.88. The summed E-state index contributed by atoms with van der Waals surface area (Å²) in [5.41, 5.74) is 4.10. The highest BCUT2D eigenvalue weighted by atomic mass is 16.5. The summed E-state index contributed by atoms with van der Waals surface area (Å²) in [6, 6.07) is 23.0. The summed E-state index contributed by atoms with van der Waals surface area (Å²) in [7, 11) is 0. The maximum absolute atomic E-state index is 11.8. The molecule has 1 aliphatic rings. The summed E-state index contributed by atoms with van der Waals surface area (Å²) in [5.74, 6) is -0.120. The zero-order chi connectivity index (χ0) is 24.9. The monoisotopic (exact) mass is 467 g/mol. The number of rotatable bonds is 8. The summed E-state index contributed by atoms with van der Waals surface area (Å²) in [4.78, 5) is 11.8. The van der Waals surface area contributed by atoms with Gasteiger partial charge < -0.3 is 15.2 Å². The van der Waals surface area contributed by atoms with Gasteiger partial charge in [0.2, 0.25) is 0 Å². The third-order valence-electron chi connectivity index (χ3n) is 6.89. The highest BCUT2D eigenvalue weighted by molar-refractivity contribution is 5.92. The molecule has 4 nitrogen and oxygen atoms in total. The number of hydrogen-bond donors (Lipinski definition) is 2. The SMILES string of the molecule is C=C(/C=C(C(=O)O)\C(C)=C/C)[C@@H]1C[C@H](CN[C@H](C)c2cccc3ccccc23)Oc2ccccc21. The van der Waals surface area contributed by atoms with Gasteiger partial charge in [-0.3, -0.25) is 0 Å². The van der Waals surface area contributed by atoms with Crippen LogP contribution in [0.3, 0.4) is 0 Å². The highest BCUT2D eigenvalue weighted by Crippen LogP contribution is 2.41. The van der Waals surface area contributed by atoms with Crippen molar-refractivity contribution in [2.24, 2.45) is 0 Å². The normalized spacial score (nSPS) is 19.1. The van der Waals surface area contributed by atoms with Gasteiger partial charge in [0, 0.05) is 24.1 Å². The van der Waals surface area contributed by atoms with E-state index in [1.54, 1.807) is 6.08 Å². The Bertz CT molecular complexity index is 1300. The van der Waals surface area contributed by atoms with Crippen molar-refractivity contribution < 1.29 is 14.6 Å². The van der Waals surface area contributed by atoms with Crippen LogP contribution in [0.4, 0.5) is 0 Å². The first kappa shape index (κ1) is 24.5. The molecule has 3 aromatic carbocycles. The molecule has 0 aromatic heterocycles. The number of carboxylic acids is 1. The lowest BCUT2D eigenvalue weighted by atomic mass is 9.83. The van der Waals surface area contributed by atoms with Crippen molar-refractivity contribution in [3.63, 3.8) is 0 Å². The van der Waals surface area contributed by atoms with Crippen molar-refractivity contribution in [3.8, 4) is 5.75 Å². The standard InChI is InChI=1S/C31H33NO3/c1-5-20(2)29(31(33)34)17-21(3)28-18-24(35-30-16-9-8-14-27(28)30)19-32-22(4)25-15-10-12-23-11-6-7-13-26(23)25/h5-17,22,24,28,32H,3,18-19H2,1-2,4H3,(H,33,34)/b20-5-,29-17+/t22-,24-,28+/m1/s1. The fraction of sp³-hybridized carbons (Fsp3) is 0.258. The maximum atomic E-state index is 11.8. The van der Waals surface area contributed by atoms with E-state index in [1.165, 1.54) is 16.3 Å². The second kappa shape index (κ2) is 10.7. The van der Waals surface area contributed by atoms with Crippen molar-refractivity contribution in [3.05, 3.63) is 113 Å². The van der Waals surface area contributed by atoms with Crippen LogP contribution < -0.4 is 10.1 Å². The predicted molar refractivity (Wildman–Crippen MR) is 143 cm³/mol. The number of ether oxygens (including phenoxy) is 1. The van der Waals surface area contributed by atoms with Crippen LogP contribution >= 0.6 is 0 Å². The van der Waals surface area contributed by atoms with E-state index in [-0.39, 0.29) is 23.6 Å². The molecule has 3 aromatic rings. The molecule has 1 aliphatic heterocycles. The molecule has 4 heteroatoms.